The minimum Gasteiger partial charge on any atom is -0.470 e. The summed E-state index contributed by atoms with van der Waals surface area (Å²) in [6.45, 7) is 0.529. The number of nitrogens with zero attached hydrogens (tertiary/aromatic N) is 5. The summed E-state index contributed by atoms with van der Waals surface area (Å²) in [5, 5.41) is 12.2. The van der Waals surface area contributed by atoms with Crippen LogP contribution in [-0.4, -0.2) is 30.5 Å². The van der Waals surface area contributed by atoms with E-state index in [0.717, 1.165) is 5.56 Å². The molecule has 30 heavy (non-hydrogen) atoms. The van der Waals surface area contributed by atoms with Crippen LogP contribution in [0.1, 0.15) is 16.1 Å². The molecule has 0 unspecified atom stereocenters. The summed E-state index contributed by atoms with van der Waals surface area (Å²) >= 11 is 12.0. The molecule has 152 valence electrons. The number of ether oxygens (including phenoxy) is 1. The van der Waals surface area contributed by atoms with E-state index in [0.29, 0.717) is 28.0 Å². The van der Waals surface area contributed by atoms with Gasteiger partial charge in [-0.1, -0.05) is 47.5 Å². The molecule has 0 radical (unpaired) electrons. The van der Waals surface area contributed by atoms with Crippen LogP contribution in [0.3, 0.4) is 0 Å². The molecular formula is C20H16Cl2N6O2. The first kappa shape index (κ1) is 19.9. The van der Waals surface area contributed by atoms with Crippen LogP contribution in [0, 0.1) is 0 Å². The molecule has 2 aromatic heterocycles. The van der Waals surface area contributed by atoms with Gasteiger partial charge in [0.2, 0.25) is 5.95 Å². The van der Waals surface area contributed by atoms with Crippen molar-refractivity contribution in [3.05, 3.63) is 88.4 Å². The van der Waals surface area contributed by atoms with Crippen LogP contribution in [0.25, 0.3) is 0 Å². The van der Waals surface area contributed by atoms with E-state index in [9.17, 15) is 4.79 Å². The Balaban J connectivity index is 1.39. The van der Waals surface area contributed by atoms with E-state index in [1.807, 2.05) is 30.3 Å². The Morgan fingerprint density at radius 2 is 1.87 bits per heavy atom. The minimum absolute atomic E-state index is 0.0257. The quantitative estimate of drug-likeness (QED) is 0.465. The number of rotatable bonds is 7. The molecular weight excluding hydrogens is 427 g/mol. The third kappa shape index (κ3) is 4.79. The van der Waals surface area contributed by atoms with Crippen LogP contribution in [0.4, 0.5) is 5.95 Å². The summed E-state index contributed by atoms with van der Waals surface area (Å²) in [6, 6.07) is 16.1. The third-order valence-electron chi connectivity index (χ3n) is 4.15. The summed E-state index contributed by atoms with van der Waals surface area (Å²) in [7, 11) is 0. The average molecular weight is 443 g/mol. The van der Waals surface area contributed by atoms with Crippen LogP contribution in [-0.2, 0) is 13.3 Å². The van der Waals surface area contributed by atoms with Crippen molar-refractivity contribution in [2.45, 2.75) is 13.3 Å². The molecule has 0 saturated heterocycles. The fourth-order valence-electron chi connectivity index (χ4n) is 2.69. The van der Waals surface area contributed by atoms with E-state index in [-0.39, 0.29) is 12.7 Å². The molecule has 0 saturated carbocycles. The molecule has 0 spiro atoms. The van der Waals surface area contributed by atoms with Crippen LogP contribution < -0.4 is 10.1 Å². The number of aromatic nitrogens is 5. The lowest BCUT2D eigenvalue weighted by molar-refractivity contribution is 0.100. The van der Waals surface area contributed by atoms with E-state index in [4.69, 9.17) is 27.9 Å². The topological polar surface area (TPSA) is 86.9 Å². The van der Waals surface area contributed by atoms with E-state index < -0.39 is 5.91 Å². The molecule has 0 fully saturated rings. The molecule has 0 aliphatic heterocycles. The first-order chi connectivity index (χ1) is 14.6. The van der Waals surface area contributed by atoms with Crippen LogP contribution >= 0.6 is 23.2 Å². The lowest BCUT2D eigenvalue weighted by Crippen LogP contribution is -2.20. The van der Waals surface area contributed by atoms with Crippen LogP contribution in [0.5, 0.6) is 5.75 Å². The van der Waals surface area contributed by atoms with E-state index in [1.54, 1.807) is 35.3 Å². The molecule has 2 aromatic carbocycles. The van der Waals surface area contributed by atoms with Crippen LogP contribution in [0.15, 0.2) is 67.1 Å². The molecule has 1 amide bonds. The second-order valence-electron chi connectivity index (χ2n) is 6.27. The van der Waals surface area contributed by atoms with Crippen molar-refractivity contribution in [3.63, 3.8) is 0 Å². The van der Waals surface area contributed by atoms with Crippen LogP contribution in [0.2, 0.25) is 10.0 Å². The molecule has 4 aromatic rings. The lowest BCUT2D eigenvalue weighted by Gasteiger charge is -2.10. The SMILES string of the molecule is O=C(Nc1ncn(Cc2ccc(Cl)cc2)n1)c1ccnn1COc1ccccc1Cl. The molecule has 1 N–H and O–H groups in total. The Bertz CT molecular complexity index is 1160. The molecule has 2 heterocycles. The van der Waals surface area contributed by atoms with Gasteiger partial charge in [-0.05, 0) is 35.9 Å². The van der Waals surface area contributed by atoms with Gasteiger partial charge in [-0.3, -0.25) is 10.1 Å². The van der Waals surface area contributed by atoms with Gasteiger partial charge in [0.15, 0.2) is 6.73 Å². The Hall–Kier alpha value is -3.36. The van der Waals surface area contributed by atoms with Crippen molar-refractivity contribution >= 4 is 35.1 Å². The standard InChI is InChI=1S/C20H16Cl2N6O2/c21-15-7-5-14(6-8-15)11-27-12-23-20(26-27)25-19(29)17-9-10-24-28(17)13-30-18-4-2-1-3-16(18)22/h1-10,12H,11,13H2,(H,25,26,29). The number of hydrogen-bond donors (Lipinski definition) is 1. The molecule has 0 aliphatic carbocycles. The number of halogens is 2. The number of amides is 1. The molecule has 0 bridgehead atoms. The Kier molecular flexibility index (Phi) is 5.97. The second-order valence-corrected chi connectivity index (χ2v) is 7.11. The van der Waals surface area contributed by atoms with Gasteiger partial charge in [0.05, 0.1) is 11.6 Å². The highest BCUT2D eigenvalue weighted by molar-refractivity contribution is 6.32. The zero-order valence-corrected chi connectivity index (χ0v) is 17.1. The van der Waals surface area contributed by atoms with Gasteiger partial charge in [0.1, 0.15) is 17.8 Å². The fourth-order valence-corrected chi connectivity index (χ4v) is 3.01. The first-order valence-electron chi connectivity index (χ1n) is 8.93. The van der Waals surface area contributed by atoms with Gasteiger partial charge < -0.3 is 4.74 Å². The second kappa shape index (κ2) is 8.98. The Labute approximate surface area is 182 Å². The number of benzene rings is 2. The van der Waals surface area contributed by atoms with E-state index >= 15 is 0 Å². The molecule has 8 nitrogen and oxygen atoms in total. The highest BCUT2D eigenvalue weighted by atomic mass is 35.5. The van der Waals surface area contributed by atoms with E-state index in [1.165, 1.54) is 10.9 Å². The number of hydrogen-bond acceptors (Lipinski definition) is 5. The molecule has 0 atom stereocenters. The maximum Gasteiger partial charge on any atom is 0.276 e. The van der Waals surface area contributed by atoms with E-state index in [2.05, 4.69) is 20.5 Å². The van der Waals surface area contributed by atoms with Gasteiger partial charge >= 0.3 is 0 Å². The smallest absolute Gasteiger partial charge is 0.276 e. The monoisotopic (exact) mass is 442 g/mol. The molecule has 10 heteroatoms. The number of para-hydroxylation sites is 1. The number of anilines is 1. The van der Waals surface area contributed by atoms with Crippen molar-refractivity contribution in [2.24, 2.45) is 0 Å². The van der Waals surface area contributed by atoms with Gasteiger partial charge in [-0.15, -0.1) is 5.10 Å². The summed E-state index contributed by atoms with van der Waals surface area (Å²) in [5.74, 6) is 0.289. The fraction of sp³-hybridized carbons (Fsp3) is 0.100. The lowest BCUT2D eigenvalue weighted by atomic mass is 10.2. The predicted molar refractivity (Wildman–Crippen MR) is 113 cm³/mol. The predicted octanol–water partition coefficient (Wildman–Crippen LogP) is 4.12. The molecule has 0 aliphatic rings. The average Bonchev–Trinajstić information content (AvgIpc) is 3.38. The Morgan fingerprint density at radius 1 is 1.07 bits per heavy atom. The summed E-state index contributed by atoms with van der Waals surface area (Å²) in [5.41, 5.74) is 1.31. The third-order valence-corrected chi connectivity index (χ3v) is 4.71. The zero-order valence-electron chi connectivity index (χ0n) is 15.6. The number of carbonyl (C=O) groups excluding carboxylic acids is 1. The summed E-state index contributed by atoms with van der Waals surface area (Å²) in [4.78, 5) is 16.8. The van der Waals surface area contributed by atoms with Gasteiger partial charge in [0, 0.05) is 11.2 Å². The number of carbonyl (C=O) groups is 1. The highest BCUT2D eigenvalue weighted by Gasteiger charge is 2.15. The Morgan fingerprint density at radius 3 is 2.67 bits per heavy atom. The van der Waals surface area contributed by atoms with Crippen molar-refractivity contribution in [3.8, 4) is 5.75 Å². The summed E-state index contributed by atoms with van der Waals surface area (Å²) in [6.07, 6.45) is 3.06. The summed E-state index contributed by atoms with van der Waals surface area (Å²) < 4.78 is 8.69. The van der Waals surface area contributed by atoms with Crippen molar-refractivity contribution in [2.75, 3.05) is 5.32 Å². The van der Waals surface area contributed by atoms with Gasteiger partial charge in [0.25, 0.3) is 5.91 Å². The number of nitrogens with one attached hydrogen (secondary N) is 1. The zero-order chi connectivity index (χ0) is 20.9. The largest absolute Gasteiger partial charge is 0.470 e. The van der Waals surface area contributed by atoms with Crippen molar-refractivity contribution in [1.82, 2.24) is 24.5 Å². The van der Waals surface area contributed by atoms with Crippen molar-refractivity contribution < 1.29 is 9.53 Å². The minimum atomic E-state index is -0.403. The van der Waals surface area contributed by atoms with Gasteiger partial charge in [-0.2, -0.15) is 5.10 Å². The molecule has 4 rings (SSSR count). The first-order valence-corrected chi connectivity index (χ1v) is 9.68. The maximum absolute atomic E-state index is 12.6. The van der Waals surface area contributed by atoms with Crippen molar-refractivity contribution in [1.29, 1.82) is 0 Å². The highest BCUT2D eigenvalue weighted by Crippen LogP contribution is 2.23. The normalized spacial score (nSPS) is 10.7. The van der Waals surface area contributed by atoms with Gasteiger partial charge in [-0.25, -0.2) is 14.3 Å². The maximum atomic E-state index is 12.6.